The molecule has 0 aromatic carbocycles. The molecule has 0 aromatic heterocycles. The number of ketones is 1. The van der Waals surface area contributed by atoms with Gasteiger partial charge < -0.3 is 4.74 Å². The van der Waals surface area contributed by atoms with Crippen LogP contribution in [0.5, 0.6) is 0 Å². The van der Waals surface area contributed by atoms with Gasteiger partial charge >= 0.3 is 5.97 Å². The van der Waals surface area contributed by atoms with Gasteiger partial charge in [-0.25, -0.2) is 0 Å². The Balaban J connectivity index is 1.50. The van der Waals surface area contributed by atoms with Crippen LogP contribution in [-0.4, -0.2) is 23.4 Å². The number of ether oxygens (including phenoxy) is 1. The molecule has 0 heterocycles. The molecule has 5 nitrogen and oxygen atoms in total. The molecule has 5 aliphatic rings. The van der Waals surface area contributed by atoms with Crippen molar-refractivity contribution in [1.29, 1.82) is 0 Å². The molecule has 0 bridgehead atoms. The van der Waals surface area contributed by atoms with E-state index in [2.05, 4.69) is 25.1 Å². The van der Waals surface area contributed by atoms with E-state index in [1.165, 1.54) is 12.5 Å². The number of carbonyl (C=O) groups excluding carboxylic acids is 2. The van der Waals surface area contributed by atoms with Gasteiger partial charge in [-0.05, 0) is 86.9 Å². The molecule has 0 aliphatic heterocycles. The molecule has 5 rings (SSSR count). The van der Waals surface area contributed by atoms with Crippen molar-refractivity contribution in [2.75, 3.05) is 0 Å². The SMILES string of the molecule is CC(=O)O[C@]1(C(C)=O)CC[C@H]2[C@@H]3C[C@H](C)C4=CC(N=O)[C@H]5C[C@H]5[C@@H]4[C@H]3CC[C@@]21C. The highest BCUT2D eigenvalue weighted by Gasteiger charge is 2.68. The van der Waals surface area contributed by atoms with Crippen molar-refractivity contribution in [3.63, 3.8) is 0 Å². The van der Waals surface area contributed by atoms with Crippen LogP contribution in [0.25, 0.3) is 0 Å². The maximum absolute atomic E-state index is 12.8. The largest absolute Gasteiger partial charge is 0.451 e. The topological polar surface area (TPSA) is 72.8 Å². The predicted molar refractivity (Wildman–Crippen MR) is 109 cm³/mol. The van der Waals surface area contributed by atoms with Gasteiger partial charge in [-0.1, -0.05) is 30.7 Å². The van der Waals surface area contributed by atoms with Crippen LogP contribution in [0.2, 0.25) is 0 Å². The van der Waals surface area contributed by atoms with Crippen LogP contribution >= 0.6 is 0 Å². The molecular weight excluding hydrogens is 366 g/mol. The maximum atomic E-state index is 12.8. The molecule has 1 unspecified atom stereocenters. The van der Waals surface area contributed by atoms with E-state index < -0.39 is 5.60 Å². The lowest BCUT2D eigenvalue weighted by Gasteiger charge is -2.57. The third-order valence-corrected chi connectivity index (χ3v) is 9.82. The second kappa shape index (κ2) is 6.24. The van der Waals surface area contributed by atoms with E-state index in [4.69, 9.17) is 4.74 Å². The fraction of sp³-hybridized carbons (Fsp3) is 0.833. The summed E-state index contributed by atoms with van der Waals surface area (Å²) in [4.78, 5) is 36.1. The van der Waals surface area contributed by atoms with Gasteiger partial charge in [0.2, 0.25) is 0 Å². The third kappa shape index (κ3) is 2.45. The quantitative estimate of drug-likeness (QED) is 0.392. The average molecular weight is 400 g/mol. The first-order chi connectivity index (χ1) is 13.7. The lowest BCUT2D eigenvalue weighted by Crippen LogP contribution is -2.58. The van der Waals surface area contributed by atoms with Gasteiger partial charge in [0.1, 0.15) is 6.04 Å². The Hall–Kier alpha value is -1.52. The Bertz CT molecular complexity index is 805. The molecule has 29 heavy (non-hydrogen) atoms. The first kappa shape index (κ1) is 19.4. The number of nitrogens with zero attached hydrogens (tertiary/aromatic N) is 1. The van der Waals surface area contributed by atoms with Crippen LogP contribution in [-0.2, 0) is 14.3 Å². The van der Waals surface area contributed by atoms with Gasteiger partial charge in [0.15, 0.2) is 11.4 Å². The number of nitroso groups, excluding NO2 is 1. The number of hydrogen-bond acceptors (Lipinski definition) is 5. The lowest BCUT2D eigenvalue weighted by molar-refractivity contribution is -0.186. The number of carbonyl (C=O) groups is 2. The molecule has 0 saturated heterocycles. The summed E-state index contributed by atoms with van der Waals surface area (Å²) < 4.78 is 5.86. The van der Waals surface area contributed by atoms with Crippen LogP contribution in [0.3, 0.4) is 0 Å². The molecule has 4 saturated carbocycles. The number of fused-ring (bicyclic) bond motifs is 7. The zero-order chi connectivity index (χ0) is 20.7. The zero-order valence-corrected chi connectivity index (χ0v) is 18.0. The van der Waals surface area contributed by atoms with Gasteiger partial charge in [-0.3, -0.25) is 9.59 Å². The number of esters is 1. The first-order valence-electron chi connectivity index (χ1n) is 11.5. The summed E-state index contributed by atoms with van der Waals surface area (Å²) in [5, 5.41) is 3.42. The molecule has 0 N–H and O–H groups in total. The molecule has 10 atom stereocenters. The molecule has 0 aromatic rings. The smallest absolute Gasteiger partial charge is 0.303 e. The van der Waals surface area contributed by atoms with Crippen molar-refractivity contribution in [2.45, 2.75) is 77.9 Å². The van der Waals surface area contributed by atoms with Crippen LogP contribution in [0.4, 0.5) is 0 Å². The number of allylic oxidation sites excluding steroid dienone is 1. The highest BCUT2D eigenvalue weighted by atomic mass is 16.6. The second-order valence-corrected chi connectivity index (χ2v) is 10.9. The van der Waals surface area contributed by atoms with Gasteiger partial charge in [0, 0.05) is 12.3 Å². The molecule has 4 fully saturated rings. The molecule has 0 spiro atoms. The Labute approximate surface area is 173 Å². The standard InChI is InChI=1S/C24H33NO4/c1-12-9-17-15(22-16(12)11-21(25-28)18-10-19(18)22)5-7-23(4)20(17)6-8-24(23,13(2)26)29-14(3)27/h11-12,15,17-22H,5-10H2,1-4H3/t12-,15-,17+,18-,19+,20-,21?,22+,23-,24-/m0/s1. The monoisotopic (exact) mass is 399 g/mol. The Morgan fingerprint density at radius 2 is 1.83 bits per heavy atom. The summed E-state index contributed by atoms with van der Waals surface area (Å²) in [5.74, 6) is 3.46. The molecular formula is C24H33NO4. The first-order valence-corrected chi connectivity index (χ1v) is 11.5. The number of rotatable bonds is 3. The zero-order valence-electron chi connectivity index (χ0n) is 18.0. The molecule has 5 aliphatic carbocycles. The summed E-state index contributed by atoms with van der Waals surface area (Å²) in [6.45, 7) is 7.56. The average Bonchev–Trinajstić information content (AvgIpc) is 3.40. The molecule has 0 amide bonds. The van der Waals surface area contributed by atoms with Crippen LogP contribution in [0.15, 0.2) is 16.8 Å². The van der Waals surface area contributed by atoms with Crippen molar-refractivity contribution in [1.82, 2.24) is 0 Å². The minimum Gasteiger partial charge on any atom is -0.451 e. The third-order valence-electron chi connectivity index (χ3n) is 9.82. The fourth-order valence-electron chi connectivity index (χ4n) is 8.59. The van der Waals surface area contributed by atoms with Crippen molar-refractivity contribution in [2.24, 2.45) is 52.0 Å². The fourth-order valence-corrected chi connectivity index (χ4v) is 8.59. The van der Waals surface area contributed by atoms with E-state index in [-0.39, 0.29) is 23.2 Å². The minimum atomic E-state index is -0.949. The summed E-state index contributed by atoms with van der Waals surface area (Å²) in [5.41, 5.74) is 0.278. The summed E-state index contributed by atoms with van der Waals surface area (Å²) in [7, 11) is 0. The Kier molecular flexibility index (Phi) is 4.19. The summed E-state index contributed by atoms with van der Waals surface area (Å²) >= 11 is 0. The van der Waals surface area contributed by atoms with Crippen molar-refractivity contribution in [3.05, 3.63) is 16.6 Å². The van der Waals surface area contributed by atoms with E-state index in [9.17, 15) is 14.5 Å². The van der Waals surface area contributed by atoms with Crippen LogP contribution in [0, 0.1) is 51.7 Å². The molecule has 158 valence electrons. The van der Waals surface area contributed by atoms with Crippen molar-refractivity contribution >= 4 is 11.8 Å². The predicted octanol–water partition coefficient (Wildman–Crippen LogP) is 4.69. The number of hydrogen-bond donors (Lipinski definition) is 0. The second-order valence-electron chi connectivity index (χ2n) is 10.9. The molecule has 0 radical (unpaired) electrons. The van der Waals surface area contributed by atoms with Crippen molar-refractivity contribution in [3.8, 4) is 0 Å². The van der Waals surface area contributed by atoms with E-state index >= 15 is 0 Å². The van der Waals surface area contributed by atoms with Gasteiger partial charge in [0.05, 0.1) is 0 Å². The summed E-state index contributed by atoms with van der Waals surface area (Å²) in [6.07, 6.45) is 8.14. The minimum absolute atomic E-state index is 0.0143. The van der Waals surface area contributed by atoms with Crippen molar-refractivity contribution < 1.29 is 14.3 Å². The normalized spacial score (nSPS) is 52.2. The van der Waals surface area contributed by atoms with Gasteiger partial charge in [-0.15, -0.1) is 0 Å². The molecule has 5 heteroatoms. The lowest BCUT2D eigenvalue weighted by atomic mass is 9.48. The van der Waals surface area contributed by atoms with E-state index in [1.54, 1.807) is 6.92 Å². The Morgan fingerprint density at radius 1 is 1.07 bits per heavy atom. The highest BCUT2D eigenvalue weighted by molar-refractivity contribution is 5.89. The van der Waals surface area contributed by atoms with Crippen LogP contribution in [0.1, 0.15) is 66.2 Å². The van der Waals surface area contributed by atoms with Crippen LogP contribution < -0.4 is 0 Å². The maximum Gasteiger partial charge on any atom is 0.303 e. The van der Waals surface area contributed by atoms with Gasteiger partial charge in [-0.2, -0.15) is 4.91 Å². The van der Waals surface area contributed by atoms with E-state index in [0.29, 0.717) is 47.8 Å². The summed E-state index contributed by atoms with van der Waals surface area (Å²) in [6, 6.07) is -0.111. The highest BCUT2D eigenvalue weighted by Crippen LogP contribution is 2.69. The Morgan fingerprint density at radius 3 is 2.48 bits per heavy atom. The van der Waals surface area contributed by atoms with Gasteiger partial charge in [0.25, 0.3) is 0 Å². The van der Waals surface area contributed by atoms with E-state index in [1.807, 2.05) is 0 Å². The number of Topliss-reactive ketones (excluding diaryl/α,β-unsaturated/α-hetero) is 1. The van der Waals surface area contributed by atoms with E-state index in [0.717, 1.165) is 32.1 Å².